The van der Waals surface area contributed by atoms with Gasteiger partial charge in [-0.05, 0) is 142 Å². The highest BCUT2D eigenvalue weighted by Gasteiger charge is 2.76. The maximum atomic E-state index is 14.2. The molecule has 12 atom stereocenters. The molecule has 0 radical (unpaired) electrons. The Bertz CT molecular complexity index is 2880. The number of esters is 1. The summed E-state index contributed by atoms with van der Waals surface area (Å²) in [4.78, 5) is 79.9. The van der Waals surface area contributed by atoms with E-state index < -0.39 is 89.4 Å². The minimum atomic E-state index is -1.45. The third kappa shape index (κ3) is 9.16. The van der Waals surface area contributed by atoms with Crippen LogP contribution in [0.1, 0.15) is 133 Å². The fourth-order valence-electron chi connectivity index (χ4n) is 15.9. The van der Waals surface area contributed by atoms with E-state index in [0.29, 0.717) is 12.8 Å². The number of Topliss-reactive ketones (excluding diaryl/α,β-unsaturated/α-hetero) is 1. The number of fused-ring (bicyclic) bond motifs is 10. The van der Waals surface area contributed by atoms with E-state index in [1.807, 2.05) is 61.5 Å². The molecule has 5 N–H and O–H groups in total. The molecule has 15 heteroatoms. The zero-order valence-corrected chi connectivity index (χ0v) is 44.8. The summed E-state index contributed by atoms with van der Waals surface area (Å²) in [6.07, 6.45) is 9.00. The van der Waals surface area contributed by atoms with Crippen LogP contribution in [0.3, 0.4) is 0 Å². The highest BCUT2D eigenvalue weighted by atomic mass is 16.7. The van der Waals surface area contributed by atoms with Crippen molar-refractivity contribution in [2.24, 2.45) is 39.9 Å². The van der Waals surface area contributed by atoms with Gasteiger partial charge in [-0.15, -0.1) is 0 Å². The van der Waals surface area contributed by atoms with E-state index in [1.165, 1.54) is 0 Å². The Morgan fingerprint density at radius 1 is 0.922 bits per heavy atom. The second-order valence-corrected chi connectivity index (χ2v) is 24.8. The van der Waals surface area contributed by atoms with Gasteiger partial charge < -0.3 is 45.1 Å². The first-order chi connectivity index (χ1) is 36.8. The van der Waals surface area contributed by atoms with Gasteiger partial charge in [0.25, 0.3) is 0 Å². The Balaban J connectivity index is 0.709. The van der Waals surface area contributed by atoms with E-state index in [-0.39, 0.29) is 66.3 Å². The normalized spacial score (nSPS) is 32.4. The number of ether oxygens (including phenoxy) is 4. The van der Waals surface area contributed by atoms with E-state index in [2.05, 4.69) is 47.1 Å². The number of carbonyl (C=O) groups is 6. The van der Waals surface area contributed by atoms with E-state index in [0.717, 1.165) is 83.9 Å². The van der Waals surface area contributed by atoms with Gasteiger partial charge in [0.1, 0.15) is 31.4 Å². The molecule has 8 aliphatic rings. The van der Waals surface area contributed by atoms with Crippen molar-refractivity contribution >= 4 is 35.4 Å². The average molecular weight is 1050 g/mol. The predicted octanol–water partition coefficient (Wildman–Crippen LogP) is 7.65. The molecule has 7 aliphatic carbocycles. The van der Waals surface area contributed by atoms with Crippen molar-refractivity contribution in [2.75, 3.05) is 19.8 Å². The van der Waals surface area contributed by atoms with Crippen molar-refractivity contribution in [3.63, 3.8) is 0 Å². The van der Waals surface area contributed by atoms with Crippen LogP contribution >= 0.6 is 0 Å². The molecule has 6 fully saturated rings. The van der Waals surface area contributed by atoms with E-state index in [9.17, 15) is 39.0 Å². The molecule has 3 amide bonds. The SMILES string of the molecule is CC(C)(C)OC(=O)CC[C@H](NC(=O)CNC(=O)OCC1c2ccccc2-c2ccccc21)C(=O)NC1CC(Cc2ccc([C@@H]3O[C@@H]4C[C@H]5[C@@H]6CCC7=CC(=O)C=C[C@]7(C)[C@H]6[C@@H](O)C[C@]5(C)[C@]4(C(=O)CO)O3)cc2)C12CCC2. The second-order valence-electron chi connectivity index (χ2n) is 24.8. The summed E-state index contributed by atoms with van der Waals surface area (Å²) < 4.78 is 24.7. The molecule has 77 heavy (non-hydrogen) atoms. The maximum absolute atomic E-state index is 14.2. The van der Waals surface area contributed by atoms with Crippen molar-refractivity contribution < 1.29 is 57.9 Å². The minimum Gasteiger partial charge on any atom is -0.460 e. The highest BCUT2D eigenvalue weighted by Crippen LogP contribution is 2.70. The zero-order valence-electron chi connectivity index (χ0n) is 44.8. The van der Waals surface area contributed by atoms with Crippen molar-refractivity contribution in [2.45, 2.75) is 153 Å². The summed E-state index contributed by atoms with van der Waals surface area (Å²) in [6.45, 7) is 8.39. The van der Waals surface area contributed by atoms with Crippen LogP contribution < -0.4 is 16.0 Å². The van der Waals surface area contributed by atoms with Gasteiger partial charge in [0.2, 0.25) is 11.8 Å². The summed E-state index contributed by atoms with van der Waals surface area (Å²) in [5.41, 5.74) is 3.66. The molecular formula is C62H73N3O12. The minimum absolute atomic E-state index is 0.0000746. The Hall–Kier alpha value is -6.00. The van der Waals surface area contributed by atoms with E-state index in [4.69, 9.17) is 18.9 Å². The number of benzene rings is 3. The molecule has 5 saturated carbocycles. The standard InChI is InChI=1S/C62H73N3O12/c1-58(2,3)76-53(71)22-21-47(64-52(70)32-63-57(73)74-34-45-42-13-8-6-11-40(42)41-12-7-9-14-43(41)45)55(72)65-49-29-38(61(49)24-10-25-61)27-35-15-17-36(18-16-35)56-75-51-30-46-44-20-19-37-28-39(67)23-26-59(37,4)54(44)48(68)31-60(46,5)62(51,77-56)50(69)33-66/h6-9,11-18,23,26,28,38,44-49,51,54,56,66,68H,10,19-22,24-25,27,29-34H2,1-5H3,(H,63,73)(H,64,70)(H,65,72)/t38?,44-,46-,47-,48-,49?,51+,54+,56+,59-,60-,62+/m0/s1. The number of aliphatic hydroxyl groups excluding tert-OH is 2. The Labute approximate surface area is 450 Å². The molecule has 1 saturated heterocycles. The van der Waals surface area contributed by atoms with Crippen LogP contribution in [0.15, 0.2) is 96.6 Å². The number of rotatable bonds is 15. The number of carbonyl (C=O) groups excluding carboxylic acids is 6. The molecular weight excluding hydrogens is 979 g/mol. The second kappa shape index (κ2) is 20.0. The lowest BCUT2D eigenvalue weighted by Gasteiger charge is -2.62. The molecule has 0 aromatic heterocycles. The number of ketones is 2. The van der Waals surface area contributed by atoms with Crippen LogP contribution in [0.5, 0.6) is 0 Å². The average Bonchev–Trinajstić information content (AvgIpc) is 4.16. The number of alkyl carbamates (subject to hydrolysis) is 1. The number of aliphatic hydroxyl groups is 2. The van der Waals surface area contributed by atoms with Crippen LogP contribution in [-0.2, 0) is 49.3 Å². The van der Waals surface area contributed by atoms with Crippen LogP contribution in [0.2, 0.25) is 0 Å². The number of allylic oxidation sites excluding steroid dienone is 4. The summed E-state index contributed by atoms with van der Waals surface area (Å²) in [5, 5.41) is 31.1. The Morgan fingerprint density at radius 2 is 1.62 bits per heavy atom. The predicted molar refractivity (Wildman–Crippen MR) is 283 cm³/mol. The van der Waals surface area contributed by atoms with Gasteiger partial charge in [0, 0.05) is 40.7 Å². The number of amides is 3. The summed E-state index contributed by atoms with van der Waals surface area (Å²) in [7, 11) is 0. The van der Waals surface area contributed by atoms with Crippen LogP contribution in [0.4, 0.5) is 4.79 Å². The number of hydrogen-bond donors (Lipinski definition) is 5. The molecule has 15 nitrogen and oxygen atoms in total. The number of hydrogen-bond acceptors (Lipinski definition) is 12. The van der Waals surface area contributed by atoms with E-state index >= 15 is 0 Å². The first-order valence-corrected chi connectivity index (χ1v) is 27.9. The lowest BCUT2D eigenvalue weighted by Crippen LogP contribution is -2.66. The van der Waals surface area contributed by atoms with Crippen molar-refractivity contribution in [1.29, 1.82) is 0 Å². The Kier molecular flexibility index (Phi) is 13.8. The largest absolute Gasteiger partial charge is 0.460 e. The monoisotopic (exact) mass is 1050 g/mol. The fraction of sp³-hybridized carbons (Fsp3) is 0.548. The summed E-state index contributed by atoms with van der Waals surface area (Å²) in [6, 6.07) is 22.9. The number of nitrogens with one attached hydrogen (secondary N) is 3. The van der Waals surface area contributed by atoms with Gasteiger partial charge in [-0.3, -0.25) is 24.0 Å². The van der Waals surface area contributed by atoms with Crippen molar-refractivity contribution in [3.8, 4) is 11.1 Å². The molecule has 3 aromatic carbocycles. The Morgan fingerprint density at radius 3 is 2.29 bits per heavy atom. The first kappa shape index (κ1) is 53.0. The van der Waals surface area contributed by atoms with Crippen LogP contribution in [0.25, 0.3) is 11.1 Å². The van der Waals surface area contributed by atoms with Gasteiger partial charge in [0.15, 0.2) is 23.5 Å². The lowest BCUT2D eigenvalue weighted by molar-refractivity contribution is -0.201. The molecule has 3 aromatic rings. The molecule has 1 heterocycles. The summed E-state index contributed by atoms with van der Waals surface area (Å²) >= 11 is 0. The van der Waals surface area contributed by atoms with Gasteiger partial charge in [-0.25, -0.2) is 4.79 Å². The van der Waals surface area contributed by atoms with Gasteiger partial charge in [0.05, 0.1) is 12.2 Å². The third-order valence-corrected chi connectivity index (χ3v) is 19.6. The molecule has 2 unspecified atom stereocenters. The quantitative estimate of drug-likeness (QED) is 0.0929. The smallest absolute Gasteiger partial charge is 0.407 e. The van der Waals surface area contributed by atoms with Crippen molar-refractivity contribution in [3.05, 3.63) is 119 Å². The molecule has 0 bridgehead atoms. The highest BCUT2D eigenvalue weighted by molar-refractivity contribution is 6.01. The van der Waals surface area contributed by atoms with Gasteiger partial charge in [-0.1, -0.05) is 105 Å². The van der Waals surface area contributed by atoms with E-state index in [1.54, 1.807) is 32.9 Å². The first-order valence-electron chi connectivity index (χ1n) is 27.9. The van der Waals surface area contributed by atoms with Crippen LogP contribution in [0, 0.1) is 39.9 Å². The van der Waals surface area contributed by atoms with Gasteiger partial charge in [-0.2, -0.15) is 0 Å². The maximum Gasteiger partial charge on any atom is 0.407 e. The van der Waals surface area contributed by atoms with Gasteiger partial charge >= 0.3 is 12.1 Å². The molecule has 1 aliphatic heterocycles. The lowest BCUT2D eigenvalue weighted by atomic mass is 9.46. The third-order valence-electron chi connectivity index (χ3n) is 19.6. The molecule has 11 rings (SSSR count). The van der Waals surface area contributed by atoms with Crippen LogP contribution in [-0.4, -0.2) is 101 Å². The summed E-state index contributed by atoms with van der Waals surface area (Å²) in [5.74, 6) is -1.90. The molecule has 1 spiro atoms. The molecule has 408 valence electrons. The zero-order chi connectivity index (χ0) is 54.2. The fourth-order valence-corrected chi connectivity index (χ4v) is 15.9. The topological polar surface area (TPSA) is 216 Å². The van der Waals surface area contributed by atoms with Crippen molar-refractivity contribution in [1.82, 2.24) is 16.0 Å².